The minimum Gasteiger partial charge on any atom is -0.460 e. The molecule has 0 radical (unpaired) electrons. The Morgan fingerprint density at radius 3 is 3.20 bits per heavy atom. The zero-order valence-electron chi connectivity index (χ0n) is 8.86. The Hall–Kier alpha value is -1.43. The summed E-state index contributed by atoms with van der Waals surface area (Å²) in [5.41, 5.74) is 0. The zero-order chi connectivity index (χ0) is 10.8. The highest BCUT2D eigenvalue weighted by Gasteiger charge is 2.25. The number of nitrogens with zero attached hydrogens (tertiary/aromatic N) is 3. The van der Waals surface area contributed by atoms with Gasteiger partial charge in [-0.3, -0.25) is 0 Å². The van der Waals surface area contributed by atoms with Crippen molar-refractivity contribution in [1.29, 1.82) is 0 Å². The molecule has 0 amide bonds. The fourth-order valence-corrected chi connectivity index (χ4v) is 1.69. The number of carbonyl (C=O) groups is 1. The molecule has 82 valence electrons. The smallest absolute Gasteiger partial charge is 0.376 e. The van der Waals surface area contributed by atoms with Gasteiger partial charge in [0.15, 0.2) is 0 Å². The molecule has 0 bridgehead atoms. The highest BCUT2D eigenvalue weighted by atomic mass is 16.5. The van der Waals surface area contributed by atoms with Crippen LogP contribution in [0, 0.1) is 0 Å². The maximum atomic E-state index is 11.5. The van der Waals surface area contributed by atoms with E-state index in [9.17, 15) is 4.79 Å². The number of fused-ring (bicyclic) bond motifs is 1. The van der Waals surface area contributed by atoms with Gasteiger partial charge in [-0.05, 0) is 13.8 Å². The van der Waals surface area contributed by atoms with Crippen LogP contribution >= 0.6 is 0 Å². The van der Waals surface area contributed by atoms with Crippen LogP contribution in [0.2, 0.25) is 0 Å². The van der Waals surface area contributed by atoms with E-state index in [1.807, 2.05) is 11.5 Å². The average molecular weight is 210 g/mol. The lowest BCUT2D eigenvalue weighted by molar-refractivity contribution is 0.0504. The Bertz CT molecular complexity index is 374. The first kappa shape index (κ1) is 10.1. The number of nitrogens with one attached hydrogen (secondary N) is 1. The van der Waals surface area contributed by atoms with E-state index in [1.54, 1.807) is 6.92 Å². The van der Waals surface area contributed by atoms with Crippen molar-refractivity contribution in [2.45, 2.75) is 26.4 Å². The van der Waals surface area contributed by atoms with E-state index in [-0.39, 0.29) is 6.04 Å². The van der Waals surface area contributed by atoms with E-state index in [4.69, 9.17) is 4.74 Å². The largest absolute Gasteiger partial charge is 0.460 e. The maximum Gasteiger partial charge on any atom is 0.376 e. The van der Waals surface area contributed by atoms with Crippen molar-refractivity contribution < 1.29 is 9.53 Å². The second kappa shape index (κ2) is 3.98. The number of hydrogen-bond acceptors (Lipinski definition) is 5. The van der Waals surface area contributed by atoms with Crippen LogP contribution in [0.25, 0.3) is 0 Å². The predicted octanol–water partition coefficient (Wildman–Crippen LogP) is 0.119. The predicted molar refractivity (Wildman–Crippen MR) is 52.4 cm³/mol. The summed E-state index contributed by atoms with van der Waals surface area (Å²) in [4.78, 5) is 11.5. The molecule has 2 rings (SSSR count). The summed E-state index contributed by atoms with van der Waals surface area (Å²) in [6.07, 6.45) is 0. The molecule has 1 aromatic heterocycles. The number of ether oxygens (including phenoxy) is 1. The first-order valence-corrected chi connectivity index (χ1v) is 5.07. The summed E-state index contributed by atoms with van der Waals surface area (Å²) < 4.78 is 6.72. The Kier molecular flexibility index (Phi) is 2.68. The molecule has 1 aliphatic rings. The van der Waals surface area contributed by atoms with E-state index >= 15 is 0 Å². The zero-order valence-corrected chi connectivity index (χ0v) is 8.86. The molecule has 0 fully saturated rings. The number of aromatic nitrogens is 3. The van der Waals surface area contributed by atoms with Crippen molar-refractivity contribution in [1.82, 2.24) is 20.1 Å². The van der Waals surface area contributed by atoms with Crippen molar-refractivity contribution in [3.05, 3.63) is 11.6 Å². The molecule has 0 aliphatic carbocycles. The average Bonchev–Trinajstić information content (AvgIpc) is 2.63. The summed E-state index contributed by atoms with van der Waals surface area (Å²) in [6.45, 7) is 5.65. The van der Waals surface area contributed by atoms with Crippen molar-refractivity contribution >= 4 is 5.97 Å². The van der Waals surface area contributed by atoms with Crippen LogP contribution in [0.4, 0.5) is 0 Å². The molecule has 2 heterocycles. The van der Waals surface area contributed by atoms with Gasteiger partial charge < -0.3 is 14.6 Å². The molecule has 6 nitrogen and oxygen atoms in total. The lowest BCUT2D eigenvalue weighted by Crippen LogP contribution is -2.33. The van der Waals surface area contributed by atoms with Gasteiger partial charge >= 0.3 is 5.97 Å². The maximum absolute atomic E-state index is 11.5. The van der Waals surface area contributed by atoms with Crippen molar-refractivity contribution in [2.75, 3.05) is 13.2 Å². The summed E-state index contributed by atoms with van der Waals surface area (Å²) in [6, 6.07) is 0.134. The molecule has 15 heavy (non-hydrogen) atoms. The molecule has 1 atom stereocenters. The van der Waals surface area contributed by atoms with Gasteiger partial charge in [-0.1, -0.05) is 0 Å². The van der Waals surface area contributed by atoms with Crippen LogP contribution in [0.5, 0.6) is 0 Å². The SMILES string of the molecule is CCOC(=O)c1nnc2n1CCNC2C. The van der Waals surface area contributed by atoms with Gasteiger partial charge in [0.05, 0.1) is 12.6 Å². The first-order valence-electron chi connectivity index (χ1n) is 5.07. The topological polar surface area (TPSA) is 69.0 Å². The Balaban J connectivity index is 2.30. The summed E-state index contributed by atoms with van der Waals surface area (Å²) in [7, 11) is 0. The van der Waals surface area contributed by atoms with Gasteiger partial charge in [-0.25, -0.2) is 4.79 Å². The lowest BCUT2D eigenvalue weighted by Gasteiger charge is -2.21. The van der Waals surface area contributed by atoms with Crippen molar-refractivity contribution in [2.24, 2.45) is 0 Å². The van der Waals surface area contributed by atoms with Gasteiger partial charge in [-0.15, -0.1) is 10.2 Å². The first-order chi connectivity index (χ1) is 7.24. The third-order valence-corrected chi connectivity index (χ3v) is 2.41. The van der Waals surface area contributed by atoms with E-state index in [1.165, 1.54) is 0 Å². The molecule has 1 N–H and O–H groups in total. The van der Waals surface area contributed by atoms with Gasteiger partial charge in [0.25, 0.3) is 0 Å². The third-order valence-electron chi connectivity index (χ3n) is 2.41. The van der Waals surface area contributed by atoms with E-state index in [2.05, 4.69) is 15.5 Å². The third kappa shape index (κ3) is 1.72. The van der Waals surface area contributed by atoms with E-state index < -0.39 is 5.97 Å². The molecule has 0 saturated heterocycles. The van der Waals surface area contributed by atoms with Crippen LogP contribution in [0.1, 0.15) is 36.3 Å². The molecular weight excluding hydrogens is 196 g/mol. The van der Waals surface area contributed by atoms with Crippen LogP contribution < -0.4 is 5.32 Å². The number of rotatable bonds is 2. The minimum absolute atomic E-state index is 0.134. The number of esters is 1. The Morgan fingerprint density at radius 1 is 1.67 bits per heavy atom. The molecule has 0 aromatic carbocycles. The fourth-order valence-electron chi connectivity index (χ4n) is 1.69. The van der Waals surface area contributed by atoms with Crippen LogP contribution in [0.3, 0.4) is 0 Å². The minimum atomic E-state index is -0.398. The monoisotopic (exact) mass is 210 g/mol. The lowest BCUT2D eigenvalue weighted by atomic mass is 10.2. The highest BCUT2D eigenvalue weighted by Crippen LogP contribution is 2.15. The molecule has 6 heteroatoms. The quantitative estimate of drug-likeness (QED) is 0.702. The molecule has 1 unspecified atom stereocenters. The van der Waals surface area contributed by atoms with Crippen molar-refractivity contribution in [3.8, 4) is 0 Å². The highest BCUT2D eigenvalue weighted by molar-refractivity contribution is 5.85. The molecule has 1 aromatic rings. The van der Waals surface area contributed by atoms with Gasteiger partial charge in [0.1, 0.15) is 5.82 Å². The van der Waals surface area contributed by atoms with Crippen LogP contribution in [0.15, 0.2) is 0 Å². The molecular formula is C9H14N4O2. The molecule has 1 aliphatic heterocycles. The van der Waals surface area contributed by atoms with E-state index in [0.29, 0.717) is 19.0 Å². The summed E-state index contributed by atoms with van der Waals surface area (Å²) in [5, 5.41) is 11.1. The standard InChI is InChI=1S/C9H14N4O2/c1-3-15-9(14)8-12-11-7-6(2)10-4-5-13(7)8/h6,10H,3-5H2,1-2H3. The Labute approximate surface area is 87.6 Å². The summed E-state index contributed by atoms with van der Waals surface area (Å²) >= 11 is 0. The summed E-state index contributed by atoms with van der Waals surface area (Å²) in [5.74, 6) is 0.704. The normalized spacial score (nSPS) is 19.7. The van der Waals surface area contributed by atoms with Gasteiger partial charge in [0, 0.05) is 13.1 Å². The second-order valence-electron chi connectivity index (χ2n) is 3.43. The van der Waals surface area contributed by atoms with E-state index in [0.717, 1.165) is 12.4 Å². The van der Waals surface area contributed by atoms with Crippen molar-refractivity contribution in [3.63, 3.8) is 0 Å². The van der Waals surface area contributed by atoms with Crippen LogP contribution in [-0.4, -0.2) is 33.9 Å². The molecule has 0 saturated carbocycles. The molecule has 0 spiro atoms. The van der Waals surface area contributed by atoms with Gasteiger partial charge in [0.2, 0.25) is 5.82 Å². The number of carbonyl (C=O) groups excluding carboxylic acids is 1. The fraction of sp³-hybridized carbons (Fsp3) is 0.667. The second-order valence-corrected chi connectivity index (χ2v) is 3.43. The Morgan fingerprint density at radius 2 is 2.47 bits per heavy atom. The van der Waals surface area contributed by atoms with Gasteiger partial charge in [-0.2, -0.15) is 0 Å². The number of hydrogen-bond donors (Lipinski definition) is 1. The van der Waals surface area contributed by atoms with Crippen LogP contribution in [-0.2, 0) is 11.3 Å².